The molecule has 6 heteroatoms. The number of nitrogens with zero attached hydrogens (tertiary/aromatic N) is 1. The molecule has 0 radical (unpaired) electrons. The van der Waals surface area contributed by atoms with Crippen molar-refractivity contribution in [3.63, 3.8) is 0 Å². The Balaban J connectivity index is 1.40. The molecule has 2 heterocycles. The minimum absolute atomic E-state index is 0.173. The molecule has 1 saturated heterocycles. The van der Waals surface area contributed by atoms with Gasteiger partial charge in [0.1, 0.15) is 23.8 Å². The van der Waals surface area contributed by atoms with Gasteiger partial charge < -0.3 is 14.1 Å². The Labute approximate surface area is 173 Å². The molecular formula is C23H21NO4S. The summed E-state index contributed by atoms with van der Waals surface area (Å²) in [5.74, 6) is 0.577. The molecule has 1 fully saturated rings. The van der Waals surface area contributed by atoms with Crippen molar-refractivity contribution < 1.29 is 18.7 Å². The Kier molecular flexibility index (Phi) is 5.71. The zero-order valence-electron chi connectivity index (χ0n) is 16.0. The lowest BCUT2D eigenvalue weighted by molar-refractivity contribution is -0.154. The van der Waals surface area contributed by atoms with Crippen LogP contribution in [0.5, 0.6) is 0 Å². The van der Waals surface area contributed by atoms with Crippen LogP contribution in [0.1, 0.15) is 23.6 Å². The van der Waals surface area contributed by atoms with Gasteiger partial charge in [0.25, 0.3) is 0 Å². The maximum absolute atomic E-state index is 12.7. The zero-order valence-corrected chi connectivity index (χ0v) is 16.8. The quantitative estimate of drug-likeness (QED) is 0.576. The van der Waals surface area contributed by atoms with E-state index in [0.717, 1.165) is 16.7 Å². The normalized spacial score (nSPS) is 18.6. The molecule has 148 valence electrons. The van der Waals surface area contributed by atoms with Gasteiger partial charge in [-0.3, -0.25) is 4.79 Å². The fourth-order valence-electron chi connectivity index (χ4n) is 3.40. The number of hydrogen-bond acceptors (Lipinski definition) is 5. The maximum Gasteiger partial charge on any atom is 0.330 e. The van der Waals surface area contributed by atoms with Crippen LogP contribution >= 0.6 is 11.8 Å². The highest BCUT2D eigenvalue weighted by atomic mass is 32.2. The van der Waals surface area contributed by atoms with Crippen LogP contribution in [0, 0.1) is 0 Å². The number of thioether (sulfide) groups is 1. The van der Waals surface area contributed by atoms with E-state index in [-0.39, 0.29) is 17.9 Å². The summed E-state index contributed by atoms with van der Waals surface area (Å²) in [6.45, 7) is 1.64. The number of furan rings is 1. The lowest BCUT2D eigenvalue weighted by Crippen LogP contribution is -2.42. The third-order valence-electron chi connectivity index (χ3n) is 4.86. The lowest BCUT2D eigenvalue weighted by Gasteiger charge is -2.25. The SMILES string of the molecule is CC(=O)N1[C@@H](C(=O)OCc2ccc(-c3ccccc3)cc2)CS[C@@H]1c1ccco1. The van der Waals surface area contributed by atoms with Gasteiger partial charge in [0, 0.05) is 12.7 Å². The summed E-state index contributed by atoms with van der Waals surface area (Å²) < 4.78 is 11.0. The van der Waals surface area contributed by atoms with Crippen LogP contribution in [-0.4, -0.2) is 28.6 Å². The van der Waals surface area contributed by atoms with Crippen molar-refractivity contribution in [1.29, 1.82) is 0 Å². The van der Waals surface area contributed by atoms with Gasteiger partial charge in [-0.2, -0.15) is 0 Å². The highest BCUT2D eigenvalue weighted by Gasteiger charge is 2.43. The van der Waals surface area contributed by atoms with Gasteiger partial charge in [-0.25, -0.2) is 4.79 Å². The van der Waals surface area contributed by atoms with Crippen molar-refractivity contribution in [3.8, 4) is 11.1 Å². The molecule has 1 aromatic heterocycles. The monoisotopic (exact) mass is 407 g/mol. The summed E-state index contributed by atoms with van der Waals surface area (Å²) in [5, 5.41) is -0.301. The predicted molar refractivity (Wildman–Crippen MR) is 112 cm³/mol. The highest BCUT2D eigenvalue weighted by molar-refractivity contribution is 7.99. The van der Waals surface area contributed by atoms with Crippen LogP contribution in [0.3, 0.4) is 0 Å². The Hall–Kier alpha value is -2.99. The number of esters is 1. The number of amides is 1. The third kappa shape index (κ3) is 4.22. The largest absolute Gasteiger partial charge is 0.466 e. The van der Waals surface area contributed by atoms with E-state index in [2.05, 4.69) is 12.1 Å². The smallest absolute Gasteiger partial charge is 0.330 e. The first kappa shape index (κ1) is 19.3. The number of rotatable bonds is 5. The number of ether oxygens (including phenoxy) is 1. The summed E-state index contributed by atoms with van der Waals surface area (Å²) in [6, 6.07) is 21.0. The van der Waals surface area contributed by atoms with Crippen molar-refractivity contribution in [3.05, 3.63) is 84.3 Å². The van der Waals surface area contributed by atoms with E-state index in [9.17, 15) is 9.59 Å². The molecule has 2 aromatic carbocycles. The molecule has 1 amide bonds. The molecule has 0 saturated carbocycles. The summed E-state index contributed by atoms with van der Waals surface area (Å²) in [7, 11) is 0. The molecule has 1 aliphatic heterocycles. The van der Waals surface area contributed by atoms with Gasteiger partial charge in [-0.15, -0.1) is 11.8 Å². The summed E-state index contributed by atoms with van der Waals surface area (Å²) >= 11 is 1.50. The second-order valence-electron chi connectivity index (χ2n) is 6.81. The van der Waals surface area contributed by atoms with Crippen LogP contribution in [0.15, 0.2) is 77.4 Å². The molecule has 0 bridgehead atoms. The Morgan fingerprint density at radius 3 is 2.41 bits per heavy atom. The van der Waals surface area contributed by atoms with Crippen molar-refractivity contribution in [2.24, 2.45) is 0 Å². The molecule has 0 N–H and O–H groups in total. The number of hydrogen-bond donors (Lipinski definition) is 0. The second kappa shape index (κ2) is 8.57. The van der Waals surface area contributed by atoms with Crippen LogP contribution in [0.4, 0.5) is 0 Å². The third-order valence-corrected chi connectivity index (χ3v) is 6.15. The van der Waals surface area contributed by atoms with E-state index in [1.165, 1.54) is 18.7 Å². The second-order valence-corrected chi connectivity index (χ2v) is 7.93. The average Bonchev–Trinajstić information content (AvgIpc) is 3.42. The van der Waals surface area contributed by atoms with Gasteiger partial charge in [0.15, 0.2) is 0 Å². The molecule has 0 aliphatic carbocycles. The molecule has 2 atom stereocenters. The van der Waals surface area contributed by atoms with Gasteiger partial charge in [0.05, 0.1) is 6.26 Å². The van der Waals surface area contributed by atoms with Crippen molar-refractivity contribution in [2.45, 2.75) is 24.9 Å². The van der Waals surface area contributed by atoms with E-state index in [4.69, 9.17) is 9.15 Å². The minimum atomic E-state index is -0.615. The topological polar surface area (TPSA) is 59.8 Å². The minimum Gasteiger partial charge on any atom is -0.466 e. The number of carbonyl (C=O) groups is 2. The first-order valence-electron chi connectivity index (χ1n) is 9.38. The summed E-state index contributed by atoms with van der Waals surface area (Å²) in [4.78, 5) is 26.4. The van der Waals surface area contributed by atoms with E-state index >= 15 is 0 Å². The summed E-state index contributed by atoms with van der Waals surface area (Å²) in [6.07, 6.45) is 1.57. The zero-order chi connectivity index (χ0) is 20.2. The Bertz CT molecular complexity index is 970. The van der Waals surface area contributed by atoms with E-state index < -0.39 is 12.0 Å². The first-order valence-corrected chi connectivity index (χ1v) is 10.4. The molecule has 4 rings (SSSR count). The van der Waals surface area contributed by atoms with E-state index in [0.29, 0.717) is 11.5 Å². The Morgan fingerprint density at radius 2 is 1.76 bits per heavy atom. The fraction of sp³-hybridized carbons (Fsp3) is 0.217. The molecule has 29 heavy (non-hydrogen) atoms. The van der Waals surface area contributed by atoms with E-state index in [1.807, 2.05) is 48.5 Å². The van der Waals surface area contributed by atoms with Crippen LogP contribution < -0.4 is 0 Å². The molecule has 1 aliphatic rings. The highest BCUT2D eigenvalue weighted by Crippen LogP contribution is 2.41. The maximum atomic E-state index is 12.7. The lowest BCUT2D eigenvalue weighted by atomic mass is 10.0. The molecular weight excluding hydrogens is 386 g/mol. The summed E-state index contributed by atoms with van der Waals surface area (Å²) in [5.41, 5.74) is 3.15. The van der Waals surface area contributed by atoms with Gasteiger partial charge in [-0.1, -0.05) is 54.6 Å². The molecule has 0 unspecified atom stereocenters. The fourth-order valence-corrected chi connectivity index (χ4v) is 4.81. The van der Waals surface area contributed by atoms with Gasteiger partial charge in [-0.05, 0) is 28.8 Å². The van der Waals surface area contributed by atoms with Crippen LogP contribution in [0.2, 0.25) is 0 Å². The van der Waals surface area contributed by atoms with Crippen LogP contribution in [-0.2, 0) is 20.9 Å². The molecule has 3 aromatic rings. The molecule has 5 nitrogen and oxygen atoms in total. The van der Waals surface area contributed by atoms with Crippen molar-refractivity contribution >= 4 is 23.6 Å². The Morgan fingerprint density at radius 1 is 1.03 bits per heavy atom. The van der Waals surface area contributed by atoms with Crippen LogP contribution in [0.25, 0.3) is 11.1 Å². The predicted octanol–water partition coefficient (Wildman–Crippen LogP) is 4.65. The number of carbonyl (C=O) groups excluding carboxylic acids is 2. The molecule has 0 spiro atoms. The first-order chi connectivity index (χ1) is 14.1. The van der Waals surface area contributed by atoms with Crippen molar-refractivity contribution in [2.75, 3.05) is 5.75 Å². The van der Waals surface area contributed by atoms with E-state index in [1.54, 1.807) is 17.2 Å². The average molecular weight is 407 g/mol. The van der Waals surface area contributed by atoms with Crippen molar-refractivity contribution in [1.82, 2.24) is 4.90 Å². The standard InChI is InChI=1S/C23H21NO4S/c1-16(25)24-20(15-29-22(24)21-8-5-13-27-21)23(26)28-14-17-9-11-19(12-10-17)18-6-3-2-4-7-18/h2-13,20,22H,14-15H2,1H3/t20-,22-/m1/s1. The number of benzene rings is 2. The van der Waals surface area contributed by atoms with Gasteiger partial charge in [0.2, 0.25) is 5.91 Å². The van der Waals surface area contributed by atoms with Gasteiger partial charge >= 0.3 is 5.97 Å².